The molecule has 0 fully saturated rings. The Morgan fingerprint density at radius 1 is 0.582 bits per heavy atom. The van der Waals surface area contributed by atoms with E-state index in [2.05, 4.69) is 16.8 Å². The number of nitrogens with zero attached hydrogens (tertiary/aromatic N) is 4. The first-order chi connectivity index (χ1) is 26.5. The summed E-state index contributed by atoms with van der Waals surface area (Å²) in [6, 6.07) is 27.8. The third kappa shape index (κ3) is 4.98. The molecule has 5 aromatic carbocycles. The third-order valence-corrected chi connectivity index (χ3v) is 10.9. The van der Waals surface area contributed by atoms with Gasteiger partial charge in [-0.25, -0.2) is 0 Å². The van der Waals surface area contributed by atoms with E-state index >= 15 is 0 Å². The molecule has 0 atom stereocenters. The monoisotopic (exact) mass is 720 g/mol. The smallest absolute Gasteiger partial charge is 0.197 e. The van der Waals surface area contributed by atoms with Gasteiger partial charge >= 0.3 is 0 Å². The lowest BCUT2D eigenvalue weighted by Crippen LogP contribution is -2.18. The van der Waals surface area contributed by atoms with Gasteiger partial charge in [0.25, 0.3) is 0 Å². The van der Waals surface area contributed by atoms with Crippen molar-refractivity contribution in [1.29, 1.82) is 0 Å². The zero-order valence-electron chi connectivity index (χ0n) is 31.1. The van der Waals surface area contributed by atoms with Crippen molar-refractivity contribution in [3.63, 3.8) is 0 Å². The van der Waals surface area contributed by atoms with Crippen LogP contribution < -0.4 is 21.7 Å². The van der Waals surface area contributed by atoms with Crippen molar-refractivity contribution >= 4 is 83.1 Å². The van der Waals surface area contributed by atoms with Crippen LogP contribution >= 0.6 is 0 Å². The molecule has 0 spiro atoms. The molecule has 8 heteroatoms. The normalized spacial score (nSPS) is 12.8. The number of aromatic nitrogens is 2. The Morgan fingerprint density at radius 2 is 1.05 bits per heavy atom. The SMILES string of the molecule is C=Cc1c(/C=C(\C)N=Nc2ccc3c(c2)c(=O)c2cc(C(C)C)cc4c(=O)c5ccccc5n3c42)c(=O)c2cc(C(C)C)cc3c(=O)c4ccccc4n1c23. The molecule has 0 bridgehead atoms. The first-order valence-electron chi connectivity index (χ1n) is 18.4. The molecule has 0 aliphatic rings. The number of benzene rings is 5. The average molecular weight is 721 g/mol. The van der Waals surface area contributed by atoms with Crippen LogP contribution in [0, 0.1) is 0 Å². The molecular weight excluding hydrogens is 685 g/mol. The van der Waals surface area contributed by atoms with Crippen molar-refractivity contribution in [3.8, 4) is 0 Å². The van der Waals surface area contributed by atoms with Gasteiger partial charge < -0.3 is 8.80 Å². The van der Waals surface area contributed by atoms with Gasteiger partial charge in [0.15, 0.2) is 21.7 Å². The lowest BCUT2D eigenvalue weighted by atomic mass is 9.95. The number of hydrogen-bond donors (Lipinski definition) is 0. The van der Waals surface area contributed by atoms with Crippen LogP contribution in [0.2, 0.25) is 0 Å². The molecular formula is C47H36N4O4. The molecule has 0 radical (unpaired) electrons. The second-order valence-electron chi connectivity index (χ2n) is 15.0. The van der Waals surface area contributed by atoms with Gasteiger partial charge in [0.1, 0.15) is 0 Å². The predicted octanol–water partition coefficient (Wildman–Crippen LogP) is 10.3. The number of para-hydroxylation sites is 2. The largest absolute Gasteiger partial charge is 0.308 e. The van der Waals surface area contributed by atoms with Crippen molar-refractivity contribution < 1.29 is 0 Å². The molecule has 8 nitrogen and oxygen atoms in total. The molecule has 4 aromatic heterocycles. The Balaban J connectivity index is 1.25. The van der Waals surface area contributed by atoms with Crippen LogP contribution in [0.4, 0.5) is 5.69 Å². The van der Waals surface area contributed by atoms with Crippen LogP contribution in [-0.4, -0.2) is 8.80 Å². The van der Waals surface area contributed by atoms with Gasteiger partial charge in [-0.05, 0) is 109 Å². The summed E-state index contributed by atoms with van der Waals surface area (Å²) in [7, 11) is 0. The van der Waals surface area contributed by atoms with E-state index in [4.69, 9.17) is 0 Å². The molecule has 9 aromatic rings. The van der Waals surface area contributed by atoms with Crippen LogP contribution in [0.25, 0.3) is 77.4 Å². The highest BCUT2D eigenvalue weighted by Crippen LogP contribution is 2.33. The maximum atomic E-state index is 14.4. The second-order valence-corrected chi connectivity index (χ2v) is 15.0. The van der Waals surface area contributed by atoms with Gasteiger partial charge in [0.05, 0.1) is 44.7 Å². The Bertz CT molecular complexity index is 3440. The minimum atomic E-state index is -0.231. The second kappa shape index (κ2) is 12.4. The number of pyridine rings is 4. The highest BCUT2D eigenvalue weighted by molar-refractivity contribution is 6.08. The molecule has 55 heavy (non-hydrogen) atoms. The molecule has 0 N–H and O–H groups in total. The van der Waals surface area contributed by atoms with Crippen molar-refractivity contribution in [2.45, 2.75) is 46.5 Å². The lowest BCUT2D eigenvalue weighted by molar-refractivity contribution is 0.869. The van der Waals surface area contributed by atoms with E-state index in [-0.39, 0.29) is 33.6 Å². The van der Waals surface area contributed by atoms with Crippen molar-refractivity contribution in [2.24, 2.45) is 10.2 Å². The van der Waals surface area contributed by atoms with Gasteiger partial charge in [-0.15, -0.1) is 0 Å². The van der Waals surface area contributed by atoms with E-state index in [1.54, 1.807) is 31.2 Å². The highest BCUT2D eigenvalue weighted by Gasteiger charge is 2.22. The fourth-order valence-electron chi connectivity index (χ4n) is 8.11. The molecule has 0 saturated heterocycles. The number of hydrogen-bond acceptors (Lipinski definition) is 6. The molecule has 9 rings (SSSR count). The third-order valence-electron chi connectivity index (χ3n) is 10.9. The highest BCUT2D eigenvalue weighted by atomic mass is 16.1. The molecule has 4 heterocycles. The quantitative estimate of drug-likeness (QED) is 0.0969. The van der Waals surface area contributed by atoms with Crippen LogP contribution in [-0.2, 0) is 0 Å². The van der Waals surface area contributed by atoms with E-state index in [0.29, 0.717) is 82.4 Å². The number of fused-ring (bicyclic) bond motifs is 6. The predicted molar refractivity (Wildman–Crippen MR) is 226 cm³/mol. The van der Waals surface area contributed by atoms with Crippen LogP contribution in [0.5, 0.6) is 0 Å². The topological polar surface area (TPSA) is 102 Å². The van der Waals surface area contributed by atoms with Crippen LogP contribution in [0.1, 0.15) is 68.8 Å². The minimum Gasteiger partial charge on any atom is -0.308 e. The first-order valence-corrected chi connectivity index (χ1v) is 18.4. The van der Waals surface area contributed by atoms with Gasteiger partial charge in [0.2, 0.25) is 0 Å². The van der Waals surface area contributed by atoms with Crippen molar-refractivity contribution in [2.75, 3.05) is 0 Å². The summed E-state index contributed by atoms with van der Waals surface area (Å²) >= 11 is 0. The summed E-state index contributed by atoms with van der Waals surface area (Å²) < 4.78 is 3.96. The molecule has 0 aliphatic carbocycles. The minimum absolute atomic E-state index is 0.0931. The van der Waals surface area contributed by atoms with Gasteiger partial charge in [-0.2, -0.15) is 10.2 Å². The molecule has 268 valence electrons. The molecule has 0 aliphatic heterocycles. The number of azo groups is 1. The summed E-state index contributed by atoms with van der Waals surface area (Å²) in [6.07, 6.45) is 3.34. The molecule has 0 unspecified atom stereocenters. The first kappa shape index (κ1) is 34.0. The van der Waals surface area contributed by atoms with Gasteiger partial charge in [-0.3, -0.25) is 19.2 Å². The standard InChI is InChI=1S/C47H36N4O4/c1-7-38-32(46(54)36-21-27(24(2)3)19-34-42(36)50(38)39-14-10-8-12-30(39)44(34)52)18-26(6)48-49-29-16-17-41-33(23-29)47(55)37-22-28(25(4)5)20-35-43(37)51(41)40-15-11-9-13-31(40)45(35)53/h7-25H,1H2,2-6H3/b26-18+,49-48?. The Morgan fingerprint density at radius 3 is 1.60 bits per heavy atom. The van der Waals surface area contributed by atoms with E-state index in [1.807, 2.05) is 115 Å². The van der Waals surface area contributed by atoms with E-state index in [1.165, 1.54) is 0 Å². The van der Waals surface area contributed by atoms with Crippen LogP contribution in [0.15, 0.2) is 133 Å². The van der Waals surface area contributed by atoms with E-state index < -0.39 is 0 Å². The van der Waals surface area contributed by atoms with Crippen molar-refractivity contribution in [3.05, 3.63) is 167 Å². The fraction of sp³-hybridized carbons (Fsp3) is 0.149. The zero-order valence-corrected chi connectivity index (χ0v) is 31.1. The Kier molecular flexibility index (Phi) is 7.65. The maximum absolute atomic E-state index is 14.4. The molecule has 0 amide bonds. The number of rotatable bonds is 6. The lowest BCUT2D eigenvalue weighted by Gasteiger charge is -2.18. The van der Waals surface area contributed by atoms with Crippen molar-refractivity contribution in [1.82, 2.24) is 8.80 Å². The summed E-state index contributed by atoms with van der Waals surface area (Å²) in [5, 5.41) is 12.6. The van der Waals surface area contributed by atoms with Gasteiger partial charge in [-0.1, -0.05) is 58.5 Å². The van der Waals surface area contributed by atoms with Crippen LogP contribution in [0.3, 0.4) is 0 Å². The zero-order chi connectivity index (χ0) is 38.4. The summed E-state index contributed by atoms with van der Waals surface area (Å²) in [5.74, 6) is 0.201. The van der Waals surface area contributed by atoms with Gasteiger partial charge in [0, 0.05) is 43.3 Å². The van der Waals surface area contributed by atoms with E-state index in [0.717, 1.165) is 16.6 Å². The summed E-state index contributed by atoms with van der Waals surface area (Å²) in [5.41, 5.74) is 6.26. The fourth-order valence-corrected chi connectivity index (χ4v) is 8.11. The number of allylic oxidation sites excluding steroid dienone is 1. The average Bonchev–Trinajstić information content (AvgIpc) is 3.19. The Hall–Kier alpha value is -6.80. The van der Waals surface area contributed by atoms with E-state index in [9.17, 15) is 19.2 Å². The molecule has 0 saturated carbocycles. The maximum Gasteiger partial charge on any atom is 0.197 e. The Labute approximate surface area is 314 Å². The summed E-state index contributed by atoms with van der Waals surface area (Å²) in [4.78, 5) is 56.2. The summed E-state index contributed by atoms with van der Waals surface area (Å²) in [6.45, 7) is 14.0.